The van der Waals surface area contributed by atoms with Gasteiger partial charge in [-0.25, -0.2) is 4.79 Å². The first-order chi connectivity index (χ1) is 10.8. The predicted octanol–water partition coefficient (Wildman–Crippen LogP) is 4.19. The molecule has 0 heterocycles. The van der Waals surface area contributed by atoms with Crippen molar-refractivity contribution in [3.8, 4) is 5.75 Å². The average molecular weight is 324 g/mol. The number of carbonyl (C=O) groups excluding carboxylic acids is 1. The fourth-order valence-corrected chi connectivity index (χ4v) is 1.96. The standard InChI is InChI=1S/C16H11F3O4/c17-16(18,19)12-7-5-10(6-8-12)13(20)9-11-3-1-2-4-14(11)23-15(21)22/h1-8H,9H2,(H,21,22). The van der Waals surface area contributed by atoms with E-state index in [0.717, 1.165) is 24.3 Å². The zero-order chi connectivity index (χ0) is 17.0. The van der Waals surface area contributed by atoms with Crippen LogP contribution in [0.4, 0.5) is 18.0 Å². The number of alkyl halides is 3. The normalized spacial score (nSPS) is 11.1. The summed E-state index contributed by atoms with van der Waals surface area (Å²) in [5.74, 6) is -0.430. The van der Waals surface area contributed by atoms with Gasteiger partial charge >= 0.3 is 12.3 Å². The number of carbonyl (C=O) groups is 2. The van der Waals surface area contributed by atoms with Crippen molar-refractivity contribution in [1.82, 2.24) is 0 Å². The van der Waals surface area contributed by atoms with E-state index in [1.807, 2.05) is 0 Å². The lowest BCUT2D eigenvalue weighted by Gasteiger charge is -2.09. The van der Waals surface area contributed by atoms with E-state index in [1.165, 1.54) is 12.1 Å². The Hall–Kier alpha value is -2.83. The van der Waals surface area contributed by atoms with E-state index in [-0.39, 0.29) is 17.7 Å². The van der Waals surface area contributed by atoms with Crippen LogP contribution in [0.5, 0.6) is 5.75 Å². The molecule has 0 aliphatic heterocycles. The Morgan fingerprint density at radius 3 is 2.17 bits per heavy atom. The summed E-state index contributed by atoms with van der Waals surface area (Å²) in [6, 6.07) is 9.88. The summed E-state index contributed by atoms with van der Waals surface area (Å²) in [6.07, 6.45) is -6.17. The van der Waals surface area contributed by atoms with Crippen molar-refractivity contribution in [3.63, 3.8) is 0 Å². The Bertz CT molecular complexity index is 721. The molecular formula is C16H11F3O4. The molecule has 0 bridgehead atoms. The maximum atomic E-state index is 12.5. The second kappa shape index (κ2) is 6.51. The average Bonchev–Trinajstić information content (AvgIpc) is 2.48. The topological polar surface area (TPSA) is 63.6 Å². The molecule has 7 heteroatoms. The maximum Gasteiger partial charge on any atom is 0.511 e. The number of hydrogen-bond donors (Lipinski definition) is 1. The number of para-hydroxylation sites is 1. The lowest BCUT2D eigenvalue weighted by molar-refractivity contribution is -0.137. The smallest absolute Gasteiger partial charge is 0.449 e. The first-order valence-electron chi connectivity index (χ1n) is 6.46. The Morgan fingerprint density at radius 2 is 1.61 bits per heavy atom. The van der Waals surface area contributed by atoms with Gasteiger partial charge in [0.1, 0.15) is 5.75 Å². The Morgan fingerprint density at radius 1 is 1.00 bits per heavy atom. The van der Waals surface area contributed by atoms with E-state index in [0.29, 0.717) is 5.56 Å². The van der Waals surface area contributed by atoms with E-state index in [4.69, 9.17) is 5.11 Å². The number of hydrogen-bond acceptors (Lipinski definition) is 3. The van der Waals surface area contributed by atoms with Crippen molar-refractivity contribution in [2.45, 2.75) is 12.6 Å². The fourth-order valence-electron chi connectivity index (χ4n) is 1.96. The lowest BCUT2D eigenvalue weighted by Crippen LogP contribution is -2.10. The minimum absolute atomic E-state index is 0.0141. The summed E-state index contributed by atoms with van der Waals surface area (Å²) < 4.78 is 42.0. The zero-order valence-corrected chi connectivity index (χ0v) is 11.6. The monoisotopic (exact) mass is 324 g/mol. The molecule has 2 aromatic carbocycles. The molecule has 0 saturated carbocycles. The molecule has 4 nitrogen and oxygen atoms in total. The van der Waals surface area contributed by atoms with E-state index < -0.39 is 23.7 Å². The van der Waals surface area contributed by atoms with Gasteiger partial charge in [-0.05, 0) is 18.2 Å². The van der Waals surface area contributed by atoms with Gasteiger partial charge in [0.05, 0.1) is 5.56 Å². The molecule has 0 unspecified atom stereocenters. The molecule has 0 radical (unpaired) electrons. The third kappa shape index (κ3) is 4.32. The molecule has 0 atom stereocenters. The molecule has 1 N–H and O–H groups in total. The predicted molar refractivity (Wildman–Crippen MR) is 74.6 cm³/mol. The number of halogens is 3. The SMILES string of the molecule is O=C(O)Oc1ccccc1CC(=O)c1ccc(C(F)(F)F)cc1. The molecule has 0 aromatic heterocycles. The molecule has 0 aliphatic rings. The quantitative estimate of drug-likeness (QED) is 0.520. The number of rotatable bonds is 4. The van der Waals surface area contributed by atoms with Crippen LogP contribution in [0.3, 0.4) is 0 Å². The first-order valence-corrected chi connectivity index (χ1v) is 6.46. The van der Waals surface area contributed by atoms with Crippen LogP contribution < -0.4 is 4.74 Å². The highest BCUT2D eigenvalue weighted by Gasteiger charge is 2.30. The highest BCUT2D eigenvalue weighted by atomic mass is 19.4. The van der Waals surface area contributed by atoms with Crippen molar-refractivity contribution in [3.05, 3.63) is 65.2 Å². The minimum atomic E-state index is -4.47. The molecule has 0 spiro atoms. The Labute approximate surface area is 129 Å². The molecule has 0 amide bonds. The van der Waals surface area contributed by atoms with Gasteiger partial charge in [-0.1, -0.05) is 30.3 Å². The van der Waals surface area contributed by atoms with Crippen molar-refractivity contribution in [1.29, 1.82) is 0 Å². The third-order valence-electron chi connectivity index (χ3n) is 3.06. The van der Waals surface area contributed by atoms with E-state index in [2.05, 4.69) is 4.74 Å². The summed E-state index contributed by atoms with van der Waals surface area (Å²) in [5.41, 5.74) is -0.411. The van der Waals surface area contributed by atoms with Crippen LogP contribution in [0.15, 0.2) is 48.5 Å². The maximum absolute atomic E-state index is 12.5. The highest BCUT2D eigenvalue weighted by Crippen LogP contribution is 2.29. The number of ether oxygens (including phenoxy) is 1. The van der Waals surface area contributed by atoms with Gasteiger partial charge in [-0.2, -0.15) is 13.2 Å². The molecule has 120 valence electrons. The zero-order valence-electron chi connectivity index (χ0n) is 11.6. The molecular weight excluding hydrogens is 313 g/mol. The van der Waals surface area contributed by atoms with Gasteiger partial charge in [0.15, 0.2) is 5.78 Å². The Balaban J connectivity index is 2.18. The van der Waals surface area contributed by atoms with Crippen LogP contribution in [-0.2, 0) is 12.6 Å². The van der Waals surface area contributed by atoms with Crippen LogP contribution in [0.25, 0.3) is 0 Å². The van der Waals surface area contributed by atoms with Crippen LogP contribution in [0.2, 0.25) is 0 Å². The van der Waals surface area contributed by atoms with E-state index in [9.17, 15) is 22.8 Å². The van der Waals surface area contributed by atoms with Crippen molar-refractivity contribution >= 4 is 11.9 Å². The fraction of sp³-hybridized carbons (Fsp3) is 0.125. The summed E-state index contributed by atoms with van der Waals surface area (Å²) in [5, 5.41) is 8.64. The largest absolute Gasteiger partial charge is 0.511 e. The van der Waals surface area contributed by atoms with Gasteiger partial charge in [-0.15, -0.1) is 0 Å². The van der Waals surface area contributed by atoms with Crippen molar-refractivity contribution in [2.24, 2.45) is 0 Å². The van der Waals surface area contributed by atoms with Gasteiger partial charge in [0.2, 0.25) is 0 Å². The van der Waals surface area contributed by atoms with Gasteiger partial charge in [0.25, 0.3) is 0 Å². The third-order valence-corrected chi connectivity index (χ3v) is 3.06. The molecule has 0 aliphatic carbocycles. The van der Waals surface area contributed by atoms with Gasteiger partial charge in [-0.3, -0.25) is 4.79 Å². The van der Waals surface area contributed by atoms with Crippen molar-refractivity contribution < 1.29 is 32.6 Å². The number of carboxylic acid groups (broad SMARTS) is 1. The second-order valence-corrected chi connectivity index (χ2v) is 4.65. The van der Waals surface area contributed by atoms with Crippen LogP contribution in [0.1, 0.15) is 21.5 Å². The van der Waals surface area contributed by atoms with Gasteiger partial charge in [0, 0.05) is 17.5 Å². The highest BCUT2D eigenvalue weighted by molar-refractivity contribution is 5.97. The van der Waals surface area contributed by atoms with Crippen LogP contribution in [0, 0.1) is 0 Å². The first kappa shape index (κ1) is 16.5. The summed E-state index contributed by atoms with van der Waals surface area (Å²) >= 11 is 0. The second-order valence-electron chi connectivity index (χ2n) is 4.65. The summed E-state index contributed by atoms with van der Waals surface area (Å²) in [7, 11) is 0. The van der Waals surface area contributed by atoms with E-state index >= 15 is 0 Å². The van der Waals surface area contributed by atoms with Crippen molar-refractivity contribution in [2.75, 3.05) is 0 Å². The van der Waals surface area contributed by atoms with E-state index in [1.54, 1.807) is 12.1 Å². The number of benzene rings is 2. The van der Waals surface area contributed by atoms with Gasteiger partial charge < -0.3 is 9.84 Å². The molecule has 0 saturated heterocycles. The van der Waals surface area contributed by atoms with Crippen LogP contribution in [-0.4, -0.2) is 17.0 Å². The lowest BCUT2D eigenvalue weighted by atomic mass is 10.0. The molecule has 2 rings (SSSR count). The Kier molecular flexibility index (Phi) is 4.68. The summed E-state index contributed by atoms with van der Waals surface area (Å²) in [4.78, 5) is 22.7. The molecule has 2 aromatic rings. The molecule has 0 fully saturated rings. The van der Waals surface area contributed by atoms with Crippen LogP contribution >= 0.6 is 0 Å². The number of Topliss-reactive ketones (excluding diaryl/α,β-unsaturated/α-hetero) is 1. The molecule has 23 heavy (non-hydrogen) atoms. The minimum Gasteiger partial charge on any atom is -0.449 e. The summed E-state index contributed by atoms with van der Waals surface area (Å²) in [6.45, 7) is 0. The number of ketones is 1.